The molecule has 1 N–H and O–H groups in total. The Morgan fingerprint density at radius 1 is 1.33 bits per heavy atom. The molecule has 0 bridgehead atoms. The molecular formula is C17H21Cl2N3O2. The van der Waals surface area contributed by atoms with Crippen LogP contribution in [0.5, 0.6) is 11.5 Å². The molecule has 0 fully saturated rings. The van der Waals surface area contributed by atoms with E-state index in [4.69, 9.17) is 21.1 Å². The first kappa shape index (κ1) is 17.4. The van der Waals surface area contributed by atoms with Crippen LogP contribution < -0.4 is 14.8 Å². The van der Waals surface area contributed by atoms with Gasteiger partial charge in [0.25, 0.3) is 0 Å². The maximum absolute atomic E-state index is 6.31. The lowest BCUT2D eigenvalue weighted by Crippen LogP contribution is -2.25. The first-order valence-corrected chi connectivity index (χ1v) is 8.42. The average Bonchev–Trinajstić information content (AvgIpc) is 2.95. The molecule has 0 saturated heterocycles. The van der Waals surface area contributed by atoms with Crippen LogP contribution in [0.4, 0.5) is 0 Å². The van der Waals surface area contributed by atoms with Crippen LogP contribution in [0.2, 0.25) is 5.02 Å². The lowest BCUT2D eigenvalue weighted by molar-refractivity contribution is 0.171. The van der Waals surface area contributed by atoms with Crippen LogP contribution >= 0.6 is 24.0 Å². The van der Waals surface area contributed by atoms with Crippen molar-refractivity contribution >= 4 is 24.0 Å². The molecule has 24 heavy (non-hydrogen) atoms. The van der Waals surface area contributed by atoms with Crippen LogP contribution in [0.25, 0.3) is 0 Å². The summed E-state index contributed by atoms with van der Waals surface area (Å²) in [7, 11) is 2.02. The van der Waals surface area contributed by atoms with Crippen molar-refractivity contribution in [3.8, 4) is 11.5 Å². The second kappa shape index (κ2) is 7.21. The molecule has 1 atom stereocenters. The van der Waals surface area contributed by atoms with E-state index in [9.17, 15) is 0 Å². The number of benzene rings is 1. The molecule has 4 rings (SSSR count). The molecule has 0 radical (unpaired) electrons. The molecule has 2 aliphatic rings. The molecule has 5 nitrogen and oxygen atoms in total. The van der Waals surface area contributed by atoms with Gasteiger partial charge in [-0.05, 0) is 37.0 Å². The molecule has 0 saturated carbocycles. The van der Waals surface area contributed by atoms with Crippen LogP contribution in [0.3, 0.4) is 0 Å². The van der Waals surface area contributed by atoms with Gasteiger partial charge in [0.15, 0.2) is 11.5 Å². The quantitative estimate of drug-likeness (QED) is 0.899. The first-order chi connectivity index (χ1) is 11.2. The number of aryl methyl sites for hydroxylation is 1. The lowest BCUT2D eigenvalue weighted by Gasteiger charge is -2.25. The SMILES string of the molecule is Cl.Cn1ncc2c1CCCC2NCc1cc(Cl)c2c(c1)OCCO2. The second-order valence-electron chi connectivity index (χ2n) is 6.10. The zero-order valence-corrected chi connectivity index (χ0v) is 15.1. The normalized spacial score (nSPS) is 18.7. The van der Waals surface area contributed by atoms with Gasteiger partial charge in [-0.25, -0.2) is 0 Å². The highest BCUT2D eigenvalue weighted by molar-refractivity contribution is 6.32. The summed E-state index contributed by atoms with van der Waals surface area (Å²) in [6.45, 7) is 1.87. The Labute approximate surface area is 152 Å². The van der Waals surface area contributed by atoms with E-state index in [0.717, 1.165) is 30.7 Å². The zero-order valence-electron chi connectivity index (χ0n) is 13.5. The molecule has 0 spiro atoms. The zero-order chi connectivity index (χ0) is 15.8. The fraction of sp³-hybridized carbons (Fsp3) is 0.471. The predicted octanol–water partition coefficient (Wildman–Crippen LogP) is 3.43. The molecule has 1 aromatic heterocycles. The number of nitrogens with one attached hydrogen (secondary N) is 1. The molecule has 2 heterocycles. The first-order valence-electron chi connectivity index (χ1n) is 8.04. The van der Waals surface area contributed by atoms with Gasteiger partial charge >= 0.3 is 0 Å². The van der Waals surface area contributed by atoms with Crippen molar-refractivity contribution in [1.82, 2.24) is 15.1 Å². The van der Waals surface area contributed by atoms with Crippen LogP contribution in [0, 0.1) is 0 Å². The van der Waals surface area contributed by atoms with E-state index in [0.29, 0.717) is 30.0 Å². The monoisotopic (exact) mass is 369 g/mol. The molecule has 1 aromatic carbocycles. The number of hydrogen-bond acceptors (Lipinski definition) is 4. The maximum Gasteiger partial charge on any atom is 0.179 e. The van der Waals surface area contributed by atoms with Gasteiger partial charge in [-0.15, -0.1) is 12.4 Å². The summed E-state index contributed by atoms with van der Waals surface area (Å²) in [6.07, 6.45) is 5.42. The highest BCUT2D eigenvalue weighted by Gasteiger charge is 2.23. The maximum atomic E-state index is 6.31. The van der Waals surface area contributed by atoms with E-state index < -0.39 is 0 Å². The van der Waals surface area contributed by atoms with E-state index in [-0.39, 0.29) is 12.4 Å². The summed E-state index contributed by atoms with van der Waals surface area (Å²) in [6, 6.07) is 4.31. The van der Waals surface area contributed by atoms with Gasteiger partial charge in [-0.1, -0.05) is 11.6 Å². The number of halogens is 2. The summed E-state index contributed by atoms with van der Waals surface area (Å²) < 4.78 is 13.2. The van der Waals surface area contributed by atoms with E-state index in [1.165, 1.54) is 17.7 Å². The van der Waals surface area contributed by atoms with Gasteiger partial charge in [-0.2, -0.15) is 5.10 Å². The van der Waals surface area contributed by atoms with Crippen LogP contribution in [-0.4, -0.2) is 23.0 Å². The molecule has 2 aromatic rings. The number of ether oxygens (including phenoxy) is 2. The number of hydrogen-bond donors (Lipinski definition) is 1. The summed E-state index contributed by atoms with van der Waals surface area (Å²) in [4.78, 5) is 0. The van der Waals surface area contributed by atoms with Gasteiger partial charge in [0.2, 0.25) is 0 Å². The molecule has 7 heteroatoms. The minimum atomic E-state index is 0. The summed E-state index contributed by atoms with van der Waals surface area (Å²) in [5.41, 5.74) is 3.77. The van der Waals surface area contributed by atoms with Gasteiger partial charge in [0, 0.05) is 30.9 Å². The Bertz CT molecular complexity index is 733. The fourth-order valence-corrected chi connectivity index (χ4v) is 3.71. The minimum absolute atomic E-state index is 0. The van der Waals surface area contributed by atoms with Crippen LogP contribution in [-0.2, 0) is 20.0 Å². The summed E-state index contributed by atoms with van der Waals surface area (Å²) in [5.74, 6) is 1.40. The van der Waals surface area contributed by atoms with Crippen molar-refractivity contribution in [1.29, 1.82) is 0 Å². The highest BCUT2D eigenvalue weighted by Crippen LogP contribution is 2.38. The van der Waals surface area contributed by atoms with Crippen molar-refractivity contribution in [3.63, 3.8) is 0 Å². The number of nitrogens with zero attached hydrogens (tertiary/aromatic N) is 2. The Balaban J connectivity index is 0.00000169. The average molecular weight is 370 g/mol. The fourth-order valence-electron chi connectivity index (χ4n) is 3.43. The van der Waals surface area contributed by atoms with Crippen LogP contribution in [0.1, 0.15) is 35.7 Å². The molecule has 0 amide bonds. The van der Waals surface area contributed by atoms with Crippen LogP contribution in [0.15, 0.2) is 18.3 Å². The highest BCUT2D eigenvalue weighted by atomic mass is 35.5. The molecule has 1 aliphatic carbocycles. The lowest BCUT2D eigenvalue weighted by atomic mass is 9.93. The van der Waals surface area contributed by atoms with E-state index >= 15 is 0 Å². The molecule has 1 aliphatic heterocycles. The molecule has 1 unspecified atom stereocenters. The Kier molecular flexibility index (Phi) is 5.23. The largest absolute Gasteiger partial charge is 0.486 e. The number of fused-ring (bicyclic) bond motifs is 2. The molecule has 130 valence electrons. The van der Waals surface area contributed by atoms with Crippen molar-refractivity contribution in [2.75, 3.05) is 13.2 Å². The number of rotatable bonds is 3. The minimum Gasteiger partial charge on any atom is -0.486 e. The van der Waals surface area contributed by atoms with Crippen molar-refractivity contribution in [3.05, 3.63) is 40.2 Å². The summed E-state index contributed by atoms with van der Waals surface area (Å²) >= 11 is 6.31. The van der Waals surface area contributed by atoms with Gasteiger partial charge in [-0.3, -0.25) is 4.68 Å². The summed E-state index contributed by atoms with van der Waals surface area (Å²) in [5, 5.41) is 8.64. The van der Waals surface area contributed by atoms with E-state index in [2.05, 4.69) is 10.4 Å². The Hall–Kier alpha value is -1.43. The number of aromatic nitrogens is 2. The molecular weight excluding hydrogens is 349 g/mol. The van der Waals surface area contributed by atoms with Crippen molar-refractivity contribution in [2.24, 2.45) is 7.05 Å². The van der Waals surface area contributed by atoms with Gasteiger partial charge in [0.05, 0.1) is 11.2 Å². The third kappa shape index (κ3) is 3.21. The van der Waals surface area contributed by atoms with Gasteiger partial charge in [0.1, 0.15) is 13.2 Å². The standard InChI is InChI=1S/C17H20ClN3O2.ClH/c1-21-15-4-2-3-14(12(15)10-20-21)19-9-11-7-13(18)17-16(8-11)22-5-6-23-17;/h7-8,10,14,19H,2-6,9H2,1H3;1H. The smallest absolute Gasteiger partial charge is 0.179 e. The third-order valence-corrected chi connectivity index (χ3v) is 4.87. The third-order valence-electron chi connectivity index (χ3n) is 4.58. The van der Waals surface area contributed by atoms with Crippen molar-refractivity contribution in [2.45, 2.75) is 31.8 Å². The Morgan fingerprint density at radius 3 is 3.04 bits per heavy atom. The van der Waals surface area contributed by atoms with E-state index in [1.807, 2.05) is 30.1 Å². The van der Waals surface area contributed by atoms with Crippen molar-refractivity contribution < 1.29 is 9.47 Å². The predicted molar refractivity (Wildman–Crippen MR) is 95.4 cm³/mol. The van der Waals surface area contributed by atoms with E-state index in [1.54, 1.807) is 0 Å². The topological polar surface area (TPSA) is 48.3 Å². The Morgan fingerprint density at radius 2 is 2.17 bits per heavy atom. The second-order valence-corrected chi connectivity index (χ2v) is 6.50. The van der Waals surface area contributed by atoms with Gasteiger partial charge < -0.3 is 14.8 Å².